The number of amides is 1. The first-order valence-electron chi connectivity index (χ1n) is 10.6. The quantitative estimate of drug-likeness (QED) is 0.703. The van der Waals surface area contributed by atoms with E-state index in [-0.39, 0.29) is 11.5 Å². The van der Waals surface area contributed by atoms with Crippen molar-refractivity contribution in [1.29, 1.82) is 0 Å². The molecule has 2 aromatic heterocycles. The first kappa shape index (κ1) is 18.8. The Bertz CT molecular complexity index is 1130. The summed E-state index contributed by atoms with van der Waals surface area (Å²) in [6, 6.07) is 7.72. The number of H-pyrrole nitrogens is 1. The normalized spacial score (nSPS) is 16.7. The molecule has 9 nitrogen and oxygen atoms in total. The second kappa shape index (κ2) is 7.89. The molecule has 1 fully saturated rings. The van der Waals surface area contributed by atoms with Crippen LogP contribution in [0, 0.1) is 0 Å². The van der Waals surface area contributed by atoms with Gasteiger partial charge in [-0.25, -0.2) is 9.67 Å². The molecule has 0 bridgehead atoms. The standard InChI is InChI=1S/C21H25N7O2/c29-19(9-13-28-18-7-3-2-6-16(18)24-25-28)27-12-8-15-17(14-27)22-21(23-20(15)30)26-10-4-1-5-11-26/h2-3,6-7H,1,4-5,8-14H2,(H,22,23,30). The Morgan fingerprint density at radius 2 is 1.93 bits per heavy atom. The molecule has 0 aliphatic carbocycles. The van der Waals surface area contributed by atoms with Crippen molar-refractivity contribution in [2.24, 2.45) is 0 Å². The average molecular weight is 407 g/mol. The van der Waals surface area contributed by atoms with E-state index in [2.05, 4.69) is 20.2 Å². The maximum atomic E-state index is 12.9. The van der Waals surface area contributed by atoms with Gasteiger partial charge in [0, 0.05) is 31.6 Å². The van der Waals surface area contributed by atoms with Gasteiger partial charge in [0.05, 0.1) is 24.3 Å². The summed E-state index contributed by atoms with van der Waals surface area (Å²) in [4.78, 5) is 37.0. The summed E-state index contributed by atoms with van der Waals surface area (Å²) in [5.74, 6) is 0.684. The van der Waals surface area contributed by atoms with E-state index in [4.69, 9.17) is 4.98 Å². The van der Waals surface area contributed by atoms with Crippen LogP contribution >= 0.6 is 0 Å². The summed E-state index contributed by atoms with van der Waals surface area (Å²) in [5, 5.41) is 8.29. The molecule has 0 radical (unpaired) electrons. The van der Waals surface area contributed by atoms with Crippen molar-refractivity contribution in [2.75, 3.05) is 24.5 Å². The van der Waals surface area contributed by atoms with Crippen LogP contribution in [0.3, 0.4) is 0 Å². The Morgan fingerprint density at radius 3 is 2.80 bits per heavy atom. The van der Waals surface area contributed by atoms with Crippen LogP contribution in [0.1, 0.15) is 36.9 Å². The number of para-hydroxylation sites is 1. The lowest BCUT2D eigenvalue weighted by Crippen LogP contribution is -2.40. The number of aromatic amines is 1. The predicted molar refractivity (Wildman–Crippen MR) is 112 cm³/mol. The smallest absolute Gasteiger partial charge is 0.255 e. The topological polar surface area (TPSA) is 100 Å². The van der Waals surface area contributed by atoms with Gasteiger partial charge in [-0.05, 0) is 37.8 Å². The Morgan fingerprint density at radius 1 is 1.10 bits per heavy atom. The van der Waals surface area contributed by atoms with Crippen molar-refractivity contribution in [1.82, 2.24) is 29.9 Å². The molecule has 2 aliphatic rings. The van der Waals surface area contributed by atoms with E-state index >= 15 is 0 Å². The van der Waals surface area contributed by atoms with Crippen molar-refractivity contribution in [3.05, 3.63) is 45.9 Å². The van der Waals surface area contributed by atoms with E-state index in [1.54, 1.807) is 9.58 Å². The molecule has 0 unspecified atom stereocenters. The molecule has 0 atom stereocenters. The second-order valence-corrected chi connectivity index (χ2v) is 7.98. The van der Waals surface area contributed by atoms with E-state index in [0.29, 0.717) is 44.0 Å². The molecule has 1 aromatic carbocycles. The van der Waals surface area contributed by atoms with Gasteiger partial charge in [0.25, 0.3) is 5.56 Å². The second-order valence-electron chi connectivity index (χ2n) is 7.98. The van der Waals surface area contributed by atoms with Gasteiger partial charge in [-0.3, -0.25) is 14.6 Å². The number of piperidine rings is 1. The van der Waals surface area contributed by atoms with E-state index in [9.17, 15) is 9.59 Å². The summed E-state index contributed by atoms with van der Waals surface area (Å²) in [5.41, 5.74) is 3.12. The first-order valence-corrected chi connectivity index (χ1v) is 10.6. The van der Waals surface area contributed by atoms with Crippen molar-refractivity contribution in [3.63, 3.8) is 0 Å². The Balaban J connectivity index is 1.29. The maximum absolute atomic E-state index is 12.9. The number of carbonyl (C=O) groups excluding carboxylic acids is 1. The van der Waals surface area contributed by atoms with Crippen LogP contribution in [-0.2, 0) is 24.3 Å². The number of aromatic nitrogens is 5. The molecule has 2 aliphatic heterocycles. The van der Waals surface area contributed by atoms with Crippen LogP contribution < -0.4 is 10.5 Å². The Labute approximate surface area is 173 Å². The summed E-state index contributed by atoms with van der Waals surface area (Å²) in [6.07, 6.45) is 4.32. The number of nitrogens with one attached hydrogen (secondary N) is 1. The largest absolute Gasteiger partial charge is 0.342 e. The van der Waals surface area contributed by atoms with Gasteiger partial charge in [-0.1, -0.05) is 17.3 Å². The van der Waals surface area contributed by atoms with Crippen molar-refractivity contribution >= 4 is 22.9 Å². The van der Waals surface area contributed by atoms with Crippen LogP contribution in [0.25, 0.3) is 11.0 Å². The van der Waals surface area contributed by atoms with Gasteiger partial charge in [-0.2, -0.15) is 0 Å². The maximum Gasteiger partial charge on any atom is 0.255 e. The molecule has 156 valence electrons. The van der Waals surface area contributed by atoms with E-state index in [0.717, 1.165) is 42.7 Å². The summed E-state index contributed by atoms with van der Waals surface area (Å²) in [6.45, 7) is 3.23. The number of hydrogen-bond acceptors (Lipinski definition) is 6. The SMILES string of the molecule is O=C(CCn1nnc2ccccc21)N1CCc2c(nc(N3CCCCC3)[nH]c2=O)C1. The number of aryl methyl sites for hydroxylation is 1. The fraction of sp³-hybridized carbons (Fsp3) is 0.476. The molecule has 9 heteroatoms. The minimum absolute atomic E-state index is 0.0434. The van der Waals surface area contributed by atoms with Crippen molar-refractivity contribution in [3.8, 4) is 0 Å². The number of carbonyl (C=O) groups is 1. The van der Waals surface area contributed by atoms with Crippen LogP contribution in [0.15, 0.2) is 29.1 Å². The summed E-state index contributed by atoms with van der Waals surface area (Å²) < 4.78 is 1.77. The molecule has 4 heterocycles. The first-order chi connectivity index (χ1) is 14.7. The number of nitrogens with zero attached hydrogens (tertiary/aromatic N) is 6. The number of fused-ring (bicyclic) bond motifs is 2. The van der Waals surface area contributed by atoms with Crippen LogP contribution in [0.4, 0.5) is 5.95 Å². The van der Waals surface area contributed by atoms with E-state index < -0.39 is 0 Å². The lowest BCUT2D eigenvalue weighted by atomic mass is 10.1. The number of hydrogen-bond donors (Lipinski definition) is 1. The lowest BCUT2D eigenvalue weighted by Gasteiger charge is -2.31. The summed E-state index contributed by atoms with van der Waals surface area (Å²) in [7, 11) is 0. The molecule has 1 N–H and O–H groups in total. The fourth-order valence-electron chi connectivity index (χ4n) is 4.34. The average Bonchev–Trinajstić information content (AvgIpc) is 3.21. The van der Waals surface area contributed by atoms with Gasteiger partial charge in [0.15, 0.2) is 0 Å². The van der Waals surface area contributed by atoms with Crippen molar-refractivity contribution < 1.29 is 4.79 Å². The Hall–Kier alpha value is -3.23. The Kier molecular flexibility index (Phi) is 4.94. The van der Waals surface area contributed by atoms with Crippen LogP contribution in [0.2, 0.25) is 0 Å². The molecule has 3 aromatic rings. The summed E-state index contributed by atoms with van der Waals surface area (Å²) >= 11 is 0. The highest BCUT2D eigenvalue weighted by molar-refractivity contribution is 5.77. The lowest BCUT2D eigenvalue weighted by molar-refractivity contribution is -0.132. The van der Waals surface area contributed by atoms with Gasteiger partial charge in [0.1, 0.15) is 5.52 Å². The monoisotopic (exact) mass is 407 g/mol. The molecular weight excluding hydrogens is 382 g/mol. The zero-order valence-corrected chi connectivity index (χ0v) is 16.9. The van der Waals surface area contributed by atoms with Gasteiger partial charge >= 0.3 is 0 Å². The highest BCUT2D eigenvalue weighted by Gasteiger charge is 2.25. The molecule has 0 saturated carbocycles. The third kappa shape index (κ3) is 3.55. The molecule has 5 rings (SSSR count). The van der Waals surface area contributed by atoms with Crippen molar-refractivity contribution in [2.45, 2.75) is 45.2 Å². The highest BCUT2D eigenvalue weighted by atomic mass is 16.2. The molecule has 1 saturated heterocycles. The zero-order valence-electron chi connectivity index (χ0n) is 16.9. The fourth-order valence-corrected chi connectivity index (χ4v) is 4.34. The highest BCUT2D eigenvalue weighted by Crippen LogP contribution is 2.20. The van der Waals surface area contributed by atoms with Gasteiger partial charge in [-0.15, -0.1) is 5.10 Å². The zero-order chi connectivity index (χ0) is 20.5. The molecule has 30 heavy (non-hydrogen) atoms. The molecule has 0 spiro atoms. The van der Waals surface area contributed by atoms with Gasteiger partial charge in [0.2, 0.25) is 11.9 Å². The van der Waals surface area contributed by atoms with E-state index in [1.807, 2.05) is 24.3 Å². The minimum atomic E-state index is -0.0678. The van der Waals surface area contributed by atoms with Crippen LogP contribution in [-0.4, -0.2) is 55.4 Å². The number of rotatable bonds is 4. The number of anilines is 1. The predicted octanol–water partition coefficient (Wildman–Crippen LogP) is 1.48. The van der Waals surface area contributed by atoms with E-state index in [1.165, 1.54) is 6.42 Å². The molecular formula is C21H25N7O2. The van der Waals surface area contributed by atoms with Crippen LogP contribution in [0.5, 0.6) is 0 Å². The molecule has 1 amide bonds. The number of benzene rings is 1. The third-order valence-corrected chi connectivity index (χ3v) is 6.03. The minimum Gasteiger partial charge on any atom is -0.342 e. The van der Waals surface area contributed by atoms with Gasteiger partial charge < -0.3 is 9.80 Å². The third-order valence-electron chi connectivity index (χ3n) is 6.03.